The van der Waals surface area contributed by atoms with Crippen molar-refractivity contribution >= 4 is 27.9 Å². The van der Waals surface area contributed by atoms with Crippen molar-refractivity contribution in [2.24, 2.45) is 0 Å². The summed E-state index contributed by atoms with van der Waals surface area (Å²) in [6.07, 6.45) is 0.416. The Morgan fingerprint density at radius 3 is 2.50 bits per heavy atom. The van der Waals surface area contributed by atoms with Crippen LogP contribution in [-0.4, -0.2) is 11.2 Å². The molecule has 0 saturated carbocycles. The summed E-state index contributed by atoms with van der Waals surface area (Å²) < 4.78 is 19.4. The van der Waals surface area contributed by atoms with E-state index in [1.165, 1.54) is 24.3 Å². The van der Waals surface area contributed by atoms with E-state index in [2.05, 4.69) is 15.9 Å². The predicted octanol–water partition coefficient (Wildman–Crippen LogP) is 4.10. The highest BCUT2D eigenvalue weighted by Gasteiger charge is 2.13. The quantitative estimate of drug-likeness (QED) is 0.477. The molecule has 0 saturated heterocycles. The molecule has 7 heteroatoms. The number of carbonyl (C=O) groups excluding carboxylic acids is 1. The molecule has 102 valence electrons. The van der Waals surface area contributed by atoms with Crippen LogP contribution < -0.4 is 4.74 Å². The van der Waals surface area contributed by atoms with Gasteiger partial charge in [-0.3, -0.25) is 14.9 Å². The van der Waals surface area contributed by atoms with Crippen LogP contribution >= 0.6 is 15.9 Å². The van der Waals surface area contributed by atoms with Gasteiger partial charge in [-0.15, -0.1) is 0 Å². The Balaban J connectivity index is 2.38. The Kier molecular flexibility index (Phi) is 4.09. The summed E-state index contributed by atoms with van der Waals surface area (Å²) >= 11 is 3.11. The molecule has 0 aliphatic heterocycles. The average molecular weight is 340 g/mol. The van der Waals surface area contributed by atoms with E-state index in [9.17, 15) is 19.3 Å². The molecule has 0 amide bonds. The number of hydrogen-bond donors (Lipinski definition) is 0. The van der Waals surface area contributed by atoms with E-state index in [0.29, 0.717) is 10.8 Å². The second kappa shape index (κ2) is 5.79. The molecule has 0 N–H and O–H groups in total. The normalized spacial score (nSPS) is 10.1. The van der Waals surface area contributed by atoms with Crippen LogP contribution in [0.5, 0.6) is 11.5 Å². The van der Waals surface area contributed by atoms with E-state index in [1.807, 2.05) is 0 Å². The summed E-state index contributed by atoms with van der Waals surface area (Å²) in [4.78, 5) is 20.9. The van der Waals surface area contributed by atoms with Gasteiger partial charge in [0.25, 0.3) is 5.69 Å². The molecule has 0 bridgehead atoms. The van der Waals surface area contributed by atoms with Gasteiger partial charge in [-0.25, -0.2) is 4.39 Å². The van der Waals surface area contributed by atoms with Crippen LogP contribution in [0.15, 0.2) is 40.9 Å². The molecule has 2 aromatic carbocycles. The predicted molar refractivity (Wildman–Crippen MR) is 72.7 cm³/mol. The molecule has 0 aliphatic rings. The molecule has 5 nitrogen and oxygen atoms in total. The fraction of sp³-hybridized carbons (Fsp3) is 0. The molecule has 0 heterocycles. The Labute approximate surface area is 121 Å². The number of nitro benzene ring substituents is 1. The topological polar surface area (TPSA) is 69.4 Å². The SMILES string of the molecule is O=Cc1cc([N+](=O)[O-])ccc1Oc1ccc(Br)cc1F. The Morgan fingerprint density at radius 2 is 1.90 bits per heavy atom. The summed E-state index contributed by atoms with van der Waals surface area (Å²) in [7, 11) is 0. The third-order valence-corrected chi connectivity index (χ3v) is 2.94. The largest absolute Gasteiger partial charge is 0.454 e. The molecular formula is C13H7BrFNO4. The Morgan fingerprint density at radius 1 is 1.20 bits per heavy atom. The number of benzene rings is 2. The number of halogens is 2. The Bertz CT molecular complexity index is 690. The molecule has 2 rings (SSSR count). The van der Waals surface area contributed by atoms with Gasteiger partial charge in [0.2, 0.25) is 0 Å². The minimum absolute atomic E-state index is 0.0264. The minimum atomic E-state index is -0.628. The van der Waals surface area contributed by atoms with Crippen LogP contribution in [0.25, 0.3) is 0 Å². The maximum absolute atomic E-state index is 13.6. The maximum Gasteiger partial charge on any atom is 0.270 e. The van der Waals surface area contributed by atoms with Crippen LogP contribution in [0.1, 0.15) is 10.4 Å². The van der Waals surface area contributed by atoms with Crippen molar-refractivity contribution in [1.82, 2.24) is 0 Å². The van der Waals surface area contributed by atoms with E-state index in [-0.39, 0.29) is 22.7 Å². The summed E-state index contributed by atoms with van der Waals surface area (Å²) in [6.45, 7) is 0. The van der Waals surface area contributed by atoms with Gasteiger partial charge in [0.05, 0.1) is 10.5 Å². The fourth-order valence-corrected chi connectivity index (χ4v) is 1.84. The van der Waals surface area contributed by atoms with Gasteiger partial charge in [0.15, 0.2) is 17.9 Å². The third-order valence-electron chi connectivity index (χ3n) is 2.44. The zero-order valence-electron chi connectivity index (χ0n) is 9.88. The molecule has 0 aromatic heterocycles. The van der Waals surface area contributed by atoms with E-state index >= 15 is 0 Å². The number of carbonyl (C=O) groups is 1. The van der Waals surface area contributed by atoms with Gasteiger partial charge in [-0.1, -0.05) is 15.9 Å². The number of aldehydes is 1. The van der Waals surface area contributed by atoms with Crippen LogP contribution in [0, 0.1) is 15.9 Å². The molecule has 0 spiro atoms. The zero-order chi connectivity index (χ0) is 14.7. The monoisotopic (exact) mass is 339 g/mol. The minimum Gasteiger partial charge on any atom is -0.454 e. The standard InChI is InChI=1S/C13H7BrFNO4/c14-9-1-3-13(11(15)6-9)20-12-4-2-10(16(18)19)5-8(12)7-17/h1-7H. The van der Waals surface area contributed by atoms with Crippen molar-refractivity contribution in [2.75, 3.05) is 0 Å². The van der Waals surface area contributed by atoms with Gasteiger partial charge < -0.3 is 4.74 Å². The van der Waals surface area contributed by atoms with Crippen molar-refractivity contribution in [2.45, 2.75) is 0 Å². The van der Waals surface area contributed by atoms with Crippen LogP contribution in [0.4, 0.5) is 10.1 Å². The van der Waals surface area contributed by atoms with Gasteiger partial charge in [0.1, 0.15) is 5.75 Å². The van der Waals surface area contributed by atoms with E-state index in [0.717, 1.165) is 6.07 Å². The molecule has 0 unspecified atom stereocenters. The number of non-ortho nitro benzene ring substituents is 1. The lowest BCUT2D eigenvalue weighted by molar-refractivity contribution is -0.384. The van der Waals surface area contributed by atoms with E-state index < -0.39 is 10.7 Å². The van der Waals surface area contributed by atoms with Crippen LogP contribution in [-0.2, 0) is 0 Å². The first kappa shape index (κ1) is 14.1. The molecule has 0 fully saturated rings. The first-order valence-corrected chi connectivity index (χ1v) is 6.17. The van der Waals surface area contributed by atoms with Crippen LogP contribution in [0.3, 0.4) is 0 Å². The number of rotatable bonds is 4. The molecule has 0 aliphatic carbocycles. The maximum atomic E-state index is 13.6. The lowest BCUT2D eigenvalue weighted by Gasteiger charge is -2.08. The van der Waals surface area contributed by atoms with Gasteiger partial charge in [0, 0.05) is 16.6 Å². The molecule has 0 radical (unpaired) electrons. The van der Waals surface area contributed by atoms with Crippen molar-refractivity contribution in [3.05, 3.63) is 62.4 Å². The lowest BCUT2D eigenvalue weighted by Crippen LogP contribution is -1.95. The van der Waals surface area contributed by atoms with Gasteiger partial charge in [-0.2, -0.15) is 0 Å². The van der Waals surface area contributed by atoms with Crippen molar-refractivity contribution in [3.63, 3.8) is 0 Å². The number of ether oxygens (including phenoxy) is 1. The highest BCUT2D eigenvalue weighted by molar-refractivity contribution is 9.10. The fourth-order valence-electron chi connectivity index (χ4n) is 1.51. The zero-order valence-corrected chi connectivity index (χ0v) is 11.5. The highest BCUT2D eigenvalue weighted by atomic mass is 79.9. The van der Waals surface area contributed by atoms with Crippen molar-refractivity contribution < 1.29 is 18.8 Å². The summed E-state index contributed by atoms with van der Waals surface area (Å²) in [5, 5.41) is 10.6. The summed E-state index contributed by atoms with van der Waals surface area (Å²) in [5.74, 6) is -0.647. The third kappa shape index (κ3) is 3.00. The van der Waals surface area contributed by atoms with Crippen molar-refractivity contribution in [1.29, 1.82) is 0 Å². The molecule has 0 atom stereocenters. The van der Waals surface area contributed by atoms with Crippen LogP contribution in [0.2, 0.25) is 0 Å². The average Bonchev–Trinajstić information content (AvgIpc) is 2.42. The number of nitro groups is 1. The molecule has 20 heavy (non-hydrogen) atoms. The number of nitrogens with zero attached hydrogens (tertiary/aromatic N) is 1. The second-order valence-corrected chi connectivity index (χ2v) is 4.69. The molecular weight excluding hydrogens is 333 g/mol. The Hall–Kier alpha value is -2.28. The second-order valence-electron chi connectivity index (χ2n) is 3.77. The highest BCUT2D eigenvalue weighted by Crippen LogP contribution is 2.30. The lowest BCUT2D eigenvalue weighted by atomic mass is 10.2. The summed E-state index contributed by atoms with van der Waals surface area (Å²) in [6, 6.07) is 7.67. The van der Waals surface area contributed by atoms with E-state index in [1.54, 1.807) is 6.07 Å². The first-order valence-electron chi connectivity index (χ1n) is 5.38. The van der Waals surface area contributed by atoms with Gasteiger partial charge in [-0.05, 0) is 24.3 Å². The number of hydrogen-bond acceptors (Lipinski definition) is 4. The summed E-state index contributed by atoms with van der Waals surface area (Å²) in [5.41, 5.74) is -0.266. The van der Waals surface area contributed by atoms with E-state index in [4.69, 9.17) is 4.74 Å². The first-order chi connectivity index (χ1) is 9.51. The molecule has 2 aromatic rings. The smallest absolute Gasteiger partial charge is 0.270 e. The van der Waals surface area contributed by atoms with Gasteiger partial charge >= 0.3 is 0 Å². The van der Waals surface area contributed by atoms with Crippen molar-refractivity contribution in [3.8, 4) is 11.5 Å².